The molecular formula is C15H21N3O2. The molecule has 1 atom stereocenters. The van der Waals surface area contributed by atoms with E-state index in [-0.39, 0.29) is 12.0 Å². The topological polar surface area (TPSA) is 55.3 Å². The van der Waals surface area contributed by atoms with Crippen molar-refractivity contribution in [2.45, 2.75) is 38.7 Å². The molecule has 5 heteroatoms. The number of nitrogens with zero attached hydrogens (tertiary/aromatic N) is 3. The zero-order valence-electron chi connectivity index (χ0n) is 12.3. The Labute approximate surface area is 119 Å². The van der Waals surface area contributed by atoms with E-state index in [4.69, 9.17) is 4.74 Å². The van der Waals surface area contributed by atoms with E-state index in [1.807, 2.05) is 26.8 Å². The van der Waals surface area contributed by atoms with Crippen LogP contribution in [-0.4, -0.2) is 39.7 Å². The molecule has 1 aliphatic rings. The first-order valence-electron chi connectivity index (χ1n) is 6.82. The predicted molar refractivity (Wildman–Crippen MR) is 77.3 cm³/mol. The summed E-state index contributed by atoms with van der Waals surface area (Å²) >= 11 is 0. The minimum Gasteiger partial charge on any atom is -0.444 e. The van der Waals surface area contributed by atoms with Gasteiger partial charge in [-0.25, -0.2) is 14.8 Å². The lowest BCUT2D eigenvalue weighted by Gasteiger charge is -2.24. The van der Waals surface area contributed by atoms with Crippen LogP contribution < -0.4 is 0 Å². The molecule has 1 aliphatic heterocycles. The summed E-state index contributed by atoms with van der Waals surface area (Å²) in [6.45, 7) is 10.6. The van der Waals surface area contributed by atoms with Crippen molar-refractivity contribution in [3.05, 3.63) is 30.4 Å². The molecule has 2 heterocycles. The number of ether oxygens (including phenoxy) is 1. The fourth-order valence-electron chi connectivity index (χ4n) is 2.21. The standard InChI is InChI=1S/C15H21N3O2/c1-5-13-16-8-6-12(17-13)11-7-9-18(10-11)14(19)20-15(2,3)4/h5-6,8,11H,1,7,9-10H2,2-4H3. The Kier molecular flexibility index (Phi) is 4.06. The van der Waals surface area contributed by atoms with E-state index in [2.05, 4.69) is 16.5 Å². The molecule has 5 nitrogen and oxygen atoms in total. The van der Waals surface area contributed by atoms with Crippen molar-refractivity contribution in [1.82, 2.24) is 14.9 Å². The number of carbonyl (C=O) groups excluding carboxylic acids is 1. The first-order chi connectivity index (χ1) is 9.39. The van der Waals surface area contributed by atoms with Crippen molar-refractivity contribution in [2.24, 2.45) is 0 Å². The van der Waals surface area contributed by atoms with Gasteiger partial charge in [0.2, 0.25) is 0 Å². The number of hydrogen-bond donors (Lipinski definition) is 0. The summed E-state index contributed by atoms with van der Waals surface area (Å²) in [6.07, 6.45) is 4.00. The van der Waals surface area contributed by atoms with Crippen LogP contribution in [0.15, 0.2) is 18.8 Å². The molecule has 0 aromatic carbocycles. The van der Waals surface area contributed by atoms with Gasteiger partial charge >= 0.3 is 6.09 Å². The third kappa shape index (κ3) is 3.56. The number of carbonyl (C=O) groups is 1. The van der Waals surface area contributed by atoms with E-state index < -0.39 is 5.60 Å². The van der Waals surface area contributed by atoms with Crippen LogP contribution in [0.4, 0.5) is 4.79 Å². The van der Waals surface area contributed by atoms with Crippen LogP contribution >= 0.6 is 0 Å². The summed E-state index contributed by atoms with van der Waals surface area (Å²) in [5, 5.41) is 0. The van der Waals surface area contributed by atoms with E-state index in [0.29, 0.717) is 18.9 Å². The highest BCUT2D eigenvalue weighted by Crippen LogP contribution is 2.26. The monoisotopic (exact) mass is 275 g/mol. The third-order valence-electron chi connectivity index (χ3n) is 3.14. The lowest BCUT2D eigenvalue weighted by molar-refractivity contribution is 0.0292. The zero-order valence-corrected chi connectivity index (χ0v) is 12.3. The van der Waals surface area contributed by atoms with E-state index in [1.165, 1.54) is 0 Å². The summed E-state index contributed by atoms with van der Waals surface area (Å²) in [7, 11) is 0. The Morgan fingerprint density at radius 3 is 2.95 bits per heavy atom. The number of aromatic nitrogens is 2. The van der Waals surface area contributed by atoms with Gasteiger partial charge in [0, 0.05) is 30.9 Å². The summed E-state index contributed by atoms with van der Waals surface area (Å²) in [5.74, 6) is 0.863. The average molecular weight is 275 g/mol. The zero-order chi connectivity index (χ0) is 14.8. The Bertz CT molecular complexity index is 508. The molecule has 0 aliphatic carbocycles. The molecule has 0 spiro atoms. The molecule has 1 aromatic rings. The van der Waals surface area contributed by atoms with Crippen molar-refractivity contribution in [1.29, 1.82) is 0 Å². The van der Waals surface area contributed by atoms with Crippen molar-refractivity contribution < 1.29 is 9.53 Å². The number of hydrogen-bond acceptors (Lipinski definition) is 4. The smallest absolute Gasteiger partial charge is 0.410 e. The highest BCUT2D eigenvalue weighted by atomic mass is 16.6. The highest BCUT2D eigenvalue weighted by molar-refractivity contribution is 5.68. The van der Waals surface area contributed by atoms with Crippen molar-refractivity contribution in [3.63, 3.8) is 0 Å². The molecule has 1 aromatic heterocycles. The molecule has 1 unspecified atom stereocenters. The van der Waals surface area contributed by atoms with Crippen LogP contribution in [0.25, 0.3) is 6.08 Å². The minimum atomic E-state index is -0.458. The van der Waals surface area contributed by atoms with Crippen molar-refractivity contribution in [2.75, 3.05) is 13.1 Å². The van der Waals surface area contributed by atoms with Gasteiger partial charge in [-0.1, -0.05) is 6.58 Å². The molecule has 20 heavy (non-hydrogen) atoms. The molecular weight excluding hydrogens is 254 g/mol. The highest BCUT2D eigenvalue weighted by Gasteiger charge is 2.31. The molecule has 1 saturated heterocycles. The maximum Gasteiger partial charge on any atom is 0.410 e. The van der Waals surface area contributed by atoms with Crippen LogP contribution in [0.2, 0.25) is 0 Å². The SMILES string of the molecule is C=Cc1nccc(C2CCN(C(=O)OC(C)(C)C)C2)n1. The largest absolute Gasteiger partial charge is 0.444 e. The Morgan fingerprint density at radius 1 is 1.55 bits per heavy atom. The molecule has 0 bridgehead atoms. The average Bonchev–Trinajstić information content (AvgIpc) is 2.86. The number of likely N-dealkylation sites (tertiary alicyclic amines) is 1. The Hall–Kier alpha value is -1.91. The van der Waals surface area contributed by atoms with E-state index >= 15 is 0 Å². The van der Waals surface area contributed by atoms with Crippen molar-refractivity contribution >= 4 is 12.2 Å². The molecule has 1 amide bonds. The Balaban J connectivity index is 2.01. The second-order valence-electron chi connectivity index (χ2n) is 5.96. The molecule has 0 saturated carbocycles. The summed E-state index contributed by atoms with van der Waals surface area (Å²) in [6, 6.07) is 1.90. The van der Waals surface area contributed by atoms with Crippen LogP contribution in [0.5, 0.6) is 0 Å². The van der Waals surface area contributed by atoms with E-state index in [9.17, 15) is 4.79 Å². The molecule has 108 valence electrons. The van der Waals surface area contributed by atoms with E-state index in [1.54, 1.807) is 17.2 Å². The molecule has 0 N–H and O–H groups in total. The van der Waals surface area contributed by atoms with Gasteiger partial charge in [0.25, 0.3) is 0 Å². The summed E-state index contributed by atoms with van der Waals surface area (Å²) < 4.78 is 5.39. The normalized spacial score (nSPS) is 18.9. The Morgan fingerprint density at radius 2 is 2.30 bits per heavy atom. The maximum atomic E-state index is 12.0. The molecule has 2 rings (SSSR count). The van der Waals surface area contributed by atoms with Gasteiger partial charge in [-0.05, 0) is 39.3 Å². The van der Waals surface area contributed by atoms with Crippen LogP contribution in [0.3, 0.4) is 0 Å². The fourth-order valence-corrected chi connectivity index (χ4v) is 2.21. The van der Waals surface area contributed by atoms with Gasteiger partial charge in [0.1, 0.15) is 5.60 Å². The van der Waals surface area contributed by atoms with Crippen LogP contribution in [0.1, 0.15) is 44.6 Å². The predicted octanol–water partition coefficient (Wildman–Crippen LogP) is 2.84. The molecule has 1 fully saturated rings. The lowest BCUT2D eigenvalue weighted by Crippen LogP contribution is -2.35. The number of amides is 1. The number of rotatable bonds is 2. The van der Waals surface area contributed by atoms with Crippen LogP contribution in [0, 0.1) is 0 Å². The lowest BCUT2D eigenvalue weighted by atomic mass is 10.1. The second-order valence-corrected chi connectivity index (χ2v) is 5.96. The first-order valence-corrected chi connectivity index (χ1v) is 6.82. The van der Waals surface area contributed by atoms with Crippen LogP contribution in [-0.2, 0) is 4.74 Å². The first kappa shape index (κ1) is 14.5. The quantitative estimate of drug-likeness (QED) is 0.832. The van der Waals surface area contributed by atoms with Gasteiger partial charge in [-0.3, -0.25) is 0 Å². The second kappa shape index (κ2) is 5.61. The fraction of sp³-hybridized carbons (Fsp3) is 0.533. The van der Waals surface area contributed by atoms with Gasteiger partial charge in [0.05, 0.1) is 0 Å². The van der Waals surface area contributed by atoms with E-state index in [0.717, 1.165) is 12.1 Å². The molecule has 0 radical (unpaired) electrons. The maximum absolute atomic E-state index is 12.0. The van der Waals surface area contributed by atoms with Gasteiger partial charge in [-0.15, -0.1) is 0 Å². The van der Waals surface area contributed by atoms with Gasteiger partial charge < -0.3 is 9.64 Å². The van der Waals surface area contributed by atoms with Gasteiger partial charge in [-0.2, -0.15) is 0 Å². The third-order valence-corrected chi connectivity index (χ3v) is 3.14. The summed E-state index contributed by atoms with van der Waals surface area (Å²) in [5.41, 5.74) is 0.501. The minimum absolute atomic E-state index is 0.240. The van der Waals surface area contributed by atoms with Gasteiger partial charge in [0.15, 0.2) is 5.82 Å². The summed E-state index contributed by atoms with van der Waals surface area (Å²) in [4.78, 5) is 22.3. The van der Waals surface area contributed by atoms with Crippen molar-refractivity contribution in [3.8, 4) is 0 Å².